The summed E-state index contributed by atoms with van der Waals surface area (Å²) in [5, 5.41) is 10.5. The molecule has 0 saturated heterocycles. The predicted molar refractivity (Wildman–Crippen MR) is 151 cm³/mol. The van der Waals surface area contributed by atoms with Gasteiger partial charge in [-0.3, -0.25) is 14.6 Å². The number of hydrogen-bond acceptors (Lipinski definition) is 8. The lowest BCUT2D eigenvalue weighted by molar-refractivity contribution is -0.146. The first-order valence-electron chi connectivity index (χ1n) is 13.1. The fourth-order valence-electron chi connectivity index (χ4n) is 5.40. The van der Waals surface area contributed by atoms with Crippen LogP contribution >= 0.6 is 15.9 Å². The second-order valence-corrected chi connectivity index (χ2v) is 10.5. The van der Waals surface area contributed by atoms with Crippen molar-refractivity contribution in [1.29, 1.82) is 0 Å². The van der Waals surface area contributed by atoms with E-state index in [-0.39, 0.29) is 36.2 Å². The Morgan fingerprint density at radius 2 is 1.77 bits per heavy atom. The smallest absolute Gasteiger partial charge is 0.315 e. The van der Waals surface area contributed by atoms with Crippen LogP contribution in [-0.2, 0) is 14.3 Å². The van der Waals surface area contributed by atoms with E-state index in [2.05, 4.69) is 15.9 Å². The van der Waals surface area contributed by atoms with Gasteiger partial charge in [0.05, 0.1) is 31.9 Å². The van der Waals surface area contributed by atoms with Crippen LogP contribution in [0.4, 0.5) is 0 Å². The number of aliphatic imine (C=N–C) groups is 1. The van der Waals surface area contributed by atoms with Crippen molar-refractivity contribution in [2.75, 3.05) is 27.4 Å². The Balaban J connectivity index is 1.82. The van der Waals surface area contributed by atoms with Gasteiger partial charge in [0, 0.05) is 29.3 Å². The SMILES string of the molecule is CCCOC(=O)C1C(C)=NC2=C(C(=O)CC(c3ccc(OC)c(OC)c3)C2)C1c1cc(Br)c(O)c(OCC)c1. The number of Topliss-reactive ketones (excluding diaryl/α,β-unsaturated/α-hetero) is 1. The van der Waals surface area contributed by atoms with E-state index in [0.29, 0.717) is 58.0 Å². The lowest BCUT2D eigenvalue weighted by Crippen LogP contribution is -2.38. The summed E-state index contributed by atoms with van der Waals surface area (Å²) in [6.45, 7) is 6.17. The maximum atomic E-state index is 13.9. The van der Waals surface area contributed by atoms with Crippen LogP contribution in [0.3, 0.4) is 0 Å². The molecule has 0 radical (unpaired) electrons. The van der Waals surface area contributed by atoms with E-state index >= 15 is 0 Å². The lowest BCUT2D eigenvalue weighted by atomic mass is 9.69. The summed E-state index contributed by atoms with van der Waals surface area (Å²) in [5.41, 5.74) is 3.38. The molecular weight excluding hydrogens is 566 g/mol. The topological polar surface area (TPSA) is 104 Å². The molecule has 4 rings (SSSR count). The molecule has 2 aromatic carbocycles. The number of ether oxygens (including phenoxy) is 4. The van der Waals surface area contributed by atoms with Gasteiger partial charge in [0.15, 0.2) is 28.8 Å². The number of esters is 1. The standard InChI is InChI=1S/C30H34BrNO7/c1-6-10-39-30(35)26-16(3)32-21-12-18(17-8-9-23(36-4)24(14-17)37-5)13-22(33)28(21)27(26)19-11-20(31)29(34)25(15-19)38-7-2/h8-9,11,14-15,18,26-27,34H,6-7,10,12-13H2,1-5H3. The van der Waals surface area contributed by atoms with Gasteiger partial charge in [0.1, 0.15) is 5.92 Å². The molecule has 9 heteroatoms. The summed E-state index contributed by atoms with van der Waals surface area (Å²) >= 11 is 3.42. The van der Waals surface area contributed by atoms with Crippen LogP contribution in [0.15, 0.2) is 51.1 Å². The molecule has 0 aromatic heterocycles. The molecule has 2 aliphatic rings. The number of carbonyl (C=O) groups is 2. The molecule has 3 unspecified atom stereocenters. The zero-order chi connectivity index (χ0) is 28.3. The number of phenolic OH excluding ortho intramolecular Hbond substituents is 1. The third-order valence-corrected chi connectivity index (χ3v) is 7.78. The van der Waals surface area contributed by atoms with Crippen LogP contribution in [-0.4, -0.2) is 50.0 Å². The zero-order valence-electron chi connectivity index (χ0n) is 22.9. The first kappa shape index (κ1) is 28.7. The fraction of sp³-hybridized carbons (Fsp3) is 0.433. The molecule has 1 aliphatic heterocycles. The summed E-state index contributed by atoms with van der Waals surface area (Å²) in [6.07, 6.45) is 1.46. The molecule has 1 heterocycles. The van der Waals surface area contributed by atoms with Crippen LogP contribution < -0.4 is 14.2 Å². The Kier molecular flexibility index (Phi) is 9.00. The number of allylic oxidation sites excluding steroid dienone is 2. The quantitative estimate of drug-likeness (QED) is 0.347. The van der Waals surface area contributed by atoms with Gasteiger partial charge in [-0.05, 0) is 83.9 Å². The Morgan fingerprint density at radius 1 is 1.05 bits per heavy atom. The summed E-state index contributed by atoms with van der Waals surface area (Å²) < 4.78 is 22.5. The summed E-state index contributed by atoms with van der Waals surface area (Å²) in [6, 6.07) is 9.11. The first-order chi connectivity index (χ1) is 18.7. The normalized spacial score (nSPS) is 20.7. The summed E-state index contributed by atoms with van der Waals surface area (Å²) in [4.78, 5) is 32.1. The number of benzene rings is 2. The Labute approximate surface area is 237 Å². The second-order valence-electron chi connectivity index (χ2n) is 9.66. The minimum Gasteiger partial charge on any atom is -0.503 e. The molecule has 0 amide bonds. The first-order valence-corrected chi connectivity index (χ1v) is 13.9. The largest absolute Gasteiger partial charge is 0.503 e. The number of nitrogens with zero attached hydrogens (tertiary/aromatic N) is 1. The van der Waals surface area contributed by atoms with Crippen LogP contribution in [0.5, 0.6) is 23.0 Å². The van der Waals surface area contributed by atoms with Gasteiger partial charge < -0.3 is 24.1 Å². The van der Waals surface area contributed by atoms with Crippen molar-refractivity contribution in [3.8, 4) is 23.0 Å². The number of phenols is 1. The number of rotatable bonds is 9. The number of hydrogen-bond donors (Lipinski definition) is 1. The molecule has 1 N–H and O–H groups in total. The van der Waals surface area contributed by atoms with Gasteiger partial charge in [-0.2, -0.15) is 0 Å². The number of halogens is 1. The Morgan fingerprint density at radius 3 is 2.44 bits per heavy atom. The third-order valence-electron chi connectivity index (χ3n) is 7.18. The molecular formula is C30H34BrNO7. The number of carbonyl (C=O) groups excluding carboxylic acids is 2. The zero-order valence-corrected chi connectivity index (χ0v) is 24.5. The van der Waals surface area contributed by atoms with Crippen molar-refractivity contribution in [2.24, 2.45) is 10.9 Å². The maximum Gasteiger partial charge on any atom is 0.315 e. The highest BCUT2D eigenvalue weighted by Crippen LogP contribution is 2.49. The van der Waals surface area contributed by atoms with Crippen molar-refractivity contribution in [3.05, 3.63) is 57.2 Å². The Hall–Kier alpha value is -3.33. The minimum absolute atomic E-state index is 0.0374. The second kappa shape index (κ2) is 12.2. The number of methoxy groups -OCH3 is 2. The van der Waals surface area contributed by atoms with E-state index < -0.39 is 17.8 Å². The molecule has 8 nitrogen and oxygen atoms in total. The van der Waals surface area contributed by atoms with E-state index in [0.717, 1.165) is 5.56 Å². The number of aromatic hydroxyl groups is 1. The molecule has 39 heavy (non-hydrogen) atoms. The van der Waals surface area contributed by atoms with Crippen molar-refractivity contribution < 1.29 is 33.6 Å². The average molecular weight is 601 g/mol. The molecule has 0 bridgehead atoms. The van der Waals surface area contributed by atoms with Crippen LogP contribution in [0.2, 0.25) is 0 Å². The maximum absolute atomic E-state index is 13.9. The Bertz CT molecular complexity index is 1330. The van der Waals surface area contributed by atoms with Crippen molar-refractivity contribution in [2.45, 2.75) is 51.9 Å². The van der Waals surface area contributed by atoms with Gasteiger partial charge in [0.2, 0.25) is 0 Å². The number of ketones is 1. The van der Waals surface area contributed by atoms with Crippen LogP contribution in [0.25, 0.3) is 0 Å². The van der Waals surface area contributed by atoms with Gasteiger partial charge >= 0.3 is 5.97 Å². The van der Waals surface area contributed by atoms with E-state index in [1.807, 2.05) is 32.0 Å². The van der Waals surface area contributed by atoms with Gasteiger partial charge in [-0.15, -0.1) is 0 Å². The van der Waals surface area contributed by atoms with E-state index in [1.165, 1.54) is 0 Å². The molecule has 0 fully saturated rings. The summed E-state index contributed by atoms with van der Waals surface area (Å²) in [5.74, 6) is -0.562. The van der Waals surface area contributed by atoms with Crippen molar-refractivity contribution in [1.82, 2.24) is 0 Å². The fourth-order valence-corrected chi connectivity index (χ4v) is 5.86. The van der Waals surface area contributed by atoms with Gasteiger partial charge in [-0.25, -0.2) is 0 Å². The van der Waals surface area contributed by atoms with Crippen LogP contribution in [0, 0.1) is 5.92 Å². The molecule has 2 aromatic rings. The molecule has 0 spiro atoms. The summed E-state index contributed by atoms with van der Waals surface area (Å²) in [7, 11) is 3.16. The molecule has 1 aliphatic carbocycles. The highest BCUT2D eigenvalue weighted by molar-refractivity contribution is 9.10. The minimum atomic E-state index is -0.775. The van der Waals surface area contributed by atoms with Gasteiger partial charge in [-0.1, -0.05) is 13.0 Å². The highest BCUT2D eigenvalue weighted by atomic mass is 79.9. The highest BCUT2D eigenvalue weighted by Gasteiger charge is 2.45. The lowest BCUT2D eigenvalue weighted by Gasteiger charge is -2.36. The van der Waals surface area contributed by atoms with E-state index in [4.69, 9.17) is 23.9 Å². The van der Waals surface area contributed by atoms with E-state index in [1.54, 1.807) is 33.3 Å². The van der Waals surface area contributed by atoms with E-state index in [9.17, 15) is 14.7 Å². The molecule has 208 valence electrons. The monoisotopic (exact) mass is 599 g/mol. The van der Waals surface area contributed by atoms with Gasteiger partial charge in [0.25, 0.3) is 0 Å². The molecule has 0 saturated carbocycles. The average Bonchev–Trinajstić information content (AvgIpc) is 2.92. The predicted octanol–water partition coefficient (Wildman–Crippen LogP) is 6.10. The van der Waals surface area contributed by atoms with Crippen molar-refractivity contribution >= 4 is 33.4 Å². The van der Waals surface area contributed by atoms with Crippen LogP contribution in [0.1, 0.15) is 63.0 Å². The molecule has 3 atom stereocenters. The van der Waals surface area contributed by atoms with Crippen molar-refractivity contribution in [3.63, 3.8) is 0 Å². The third kappa shape index (κ3) is 5.69.